The van der Waals surface area contributed by atoms with Crippen molar-refractivity contribution in [2.24, 2.45) is 13.0 Å². The molecular weight excluding hydrogens is 268 g/mol. The van der Waals surface area contributed by atoms with Gasteiger partial charge < -0.3 is 15.0 Å². The van der Waals surface area contributed by atoms with E-state index in [0.717, 1.165) is 18.5 Å². The number of nitrogens with zero attached hydrogens (tertiary/aromatic N) is 1. The molecule has 0 aromatic carbocycles. The van der Waals surface area contributed by atoms with Crippen LogP contribution in [0.2, 0.25) is 0 Å². The van der Waals surface area contributed by atoms with Crippen LogP contribution in [0.4, 0.5) is 0 Å². The highest BCUT2D eigenvalue weighted by atomic mass is 16.3. The number of rotatable bonds is 4. The molecule has 1 aromatic heterocycles. The summed E-state index contributed by atoms with van der Waals surface area (Å²) in [5.74, 6) is 0.199. The van der Waals surface area contributed by atoms with Crippen molar-refractivity contribution < 1.29 is 9.90 Å². The van der Waals surface area contributed by atoms with E-state index in [1.807, 2.05) is 0 Å². The summed E-state index contributed by atoms with van der Waals surface area (Å²) in [6, 6.07) is 1.39. The number of aryl methyl sites for hydroxylation is 1. The van der Waals surface area contributed by atoms with E-state index in [2.05, 4.69) is 5.32 Å². The molecule has 21 heavy (non-hydrogen) atoms. The molecule has 1 fully saturated rings. The standard InChI is InChI=1S/C16H24N2O3/c1-11-8-14(19)16(21)13(18(11)2)10-17-15(20)9-12-6-4-3-5-7-12/h8,12,21H,3-7,9-10H2,1-2H3,(H,17,20). The van der Waals surface area contributed by atoms with Crippen molar-refractivity contribution in [1.29, 1.82) is 0 Å². The number of carbonyl (C=O) groups is 1. The first-order valence-electron chi connectivity index (χ1n) is 7.64. The first-order chi connectivity index (χ1) is 9.99. The minimum absolute atomic E-state index is 0.00439. The Balaban J connectivity index is 1.96. The van der Waals surface area contributed by atoms with Crippen molar-refractivity contribution in [3.8, 4) is 5.75 Å². The quantitative estimate of drug-likeness (QED) is 0.891. The molecule has 1 heterocycles. The van der Waals surface area contributed by atoms with Crippen molar-refractivity contribution in [2.75, 3.05) is 0 Å². The van der Waals surface area contributed by atoms with E-state index in [1.165, 1.54) is 25.3 Å². The van der Waals surface area contributed by atoms with E-state index in [0.29, 0.717) is 18.0 Å². The van der Waals surface area contributed by atoms with Crippen LogP contribution in [0.15, 0.2) is 10.9 Å². The Bertz CT molecular complexity index is 572. The largest absolute Gasteiger partial charge is 0.503 e. The van der Waals surface area contributed by atoms with E-state index in [-0.39, 0.29) is 18.2 Å². The summed E-state index contributed by atoms with van der Waals surface area (Å²) in [6.07, 6.45) is 6.50. The van der Waals surface area contributed by atoms with Crippen LogP contribution < -0.4 is 10.7 Å². The first-order valence-corrected chi connectivity index (χ1v) is 7.64. The third kappa shape index (κ3) is 3.86. The number of pyridine rings is 1. The molecule has 0 unspecified atom stereocenters. The lowest BCUT2D eigenvalue weighted by molar-refractivity contribution is -0.122. The monoisotopic (exact) mass is 292 g/mol. The van der Waals surface area contributed by atoms with Gasteiger partial charge in [0.1, 0.15) is 0 Å². The molecule has 0 spiro atoms. The number of hydrogen-bond acceptors (Lipinski definition) is 3. The van der Waals surface area contributed by atoms with Gasteiger partial charge >= 0.3 is 0 Å². The summed E-state index contributed by atoms with van der Waals surface area (Å²) in [6.45, 7) is 1.99. The van der Waals surface area contributed by atoms with Crippen LogP contribution in [0.1, 0.15) is 49.9 Å². The Morgan fingerprint density at radius 1 is 1.38 bits per heavy atom. The SMILES string of the molecule is Cc1cc(=O)c(O)c(CNC(=O)CC2CCCCC2)n1C. The Kier molecular flexibility index (Phi) is 5.04. The van der Waals surface area contributed by atoms with Gasteiger partial charge in [0, 0.05) is 25.2 Å². The zero-order valence-electron chi connectivity index (χ0n) is 12.8. The van der Waals surface area contributed by atoms with Crippen LogP contribution >= 0.6 is 0 Å². The van der Waals surface area contributed by atoms with Crippen LogP contribution in [0.25, 0.3) is 0 Å². The summed E-state index contributed by atoms with van der Waals surface area (Å²) in [5, 5.41) is 12.7. The van der Waals surface area contributed by atoms with Crippen molar-refractivity contribution in [2.45, 2.75) is 52.0 Å². The van der Waals surface area contributed by atoms with Crippen molar-refractivity contribution >= 4 is 5.91 Å². The van der Waals surface area contributed by atoms with Crippen LogP contribution in [-0.2, 0) is 18.4 Å². The van der Waals surface area contributed by atoms with Crippen molar-refractivity contribution in [3.05, 3.63) is 27.7 Å². The highest BCUT2D eigenvalue weighted by Crippen LogP contribution is 2.26. The average Bonchev–Trinajstić information content (AvgIpc) is 2.46. The van der Waals surface area contributed by atoms with Gasteiger partial charge in [0.2, 0.25) is 11.3 Å². The zero-order valence-corrected chi connectivity index (χ0v) is 12.8. The maximum Gasteiger partial charge on any atom is 0.223 e. The minimum Gasteiger partial charge on any atom is -0.503 e. The van der Waals surface area contributed by atoms with E-state index in [4.69, 9.17) is 0 Å². The van der Waals surface area contributed by atoms with Crippen molar-refractivity contribution in [1.82, 2.24) is 9.88 Å². The summed E-state index contributed by atoms with van der Waals surface area (Å²) < 4.78 is 1.73. The van der Waals surface area contributed by atoms with Crippen LogP contribution in [0.3, 0.4) is 0 Å². The third-order valence-electron chi connectivity index (χ3n) is 4.43. The van der Waals surface area contributed by atoms with E-state index in [1.54, 1.807) is 18.5 Å². The molecule has 1 aliphatic rings. The second-order valence-electron chi connectivity index (χ2n) is 5.99. The number of aromatic hydroxyl groups is 1. The van der Waals surface area contributed by atoms with Gasteiger partial charge in [-0.1, -0.05) is 19.3 Å². The fourth-order valence-electron chi connectivity index (χ4n) is 2.98. The van der Waals surface area contributed by atoms with E-state index < -0.39 is 5.43 Å². The summed E-state index contributed by atoms with van der Waals surface area (Å²) >= 11 is 0. The molecule has 1 saturated carbocycles. The summed E-state index contributed by atoms with van der Waals surface area (Å²) in [4.78, 5) is 23.6. The second-order valence-corrected chi connectivity index (χ2v) is 5.99. The Labute approximate surface area is 125 Å². The molecule has 1 aromatic rings. The molecule has 2 N–H and O–H groups in total. The predicted octanol–water partition coefficient (Wildman–Crippen LogP) is 1.99. The molecule has 0 aliphatic heterocycles. The molecule has 1 amide bonds. The lowest BCUT2D eigenvalue weighted by Crippen LogP contribution is -2.28. The molecule has 0 saturated heterocycles. The Morgan fingerprint density at radius 3 is 2.71 bits per heavy atom. The summed E-state index contributed by atoms with van der Waals surface area (Å²) in [7, 11) is 1.77. The van der Waals surface area contributed by atoms with Gasteiger partial charge in [0.05, 0.1) is 12.2 Å². The molecule has 116 valence electrons. The molecule has 0 bridgehead atoms. The fourth-order valence-corrected chi connectivity index (χ4v) is 2.98. The van der Waals surface area contributed by atoms with Crippen LogP contribution in [0.5, 0.6) is 5.75 Å². The number of hydrogen-bond donors (Lipinski definition) is 2. The Hall–Kier alpha value is -1.78. The van der Waals surface area contributed by atoms with Gasteiger partial charge in [-0.05, 0) is 25.7 Å². The molecular formula is C16H24N2O3. The highest BCUT2D eigenvalue weighted by molar-refractivity contribution is 5.76. The maximum atomic E-state index is 12.0. The van der Waals surface area contributed by atoms with Crippen molar-refractivity contribution in [3.63, 3.8) is 0 Å². The molecule has 0 atom stereocenters. The topological polar surface area (TPSA) is 71.3 Å². The molecule has 1 aliphatic carbocycles. The first kappa shape index (κ1) is 15.6. The predicted molar refractivity (Wildman–Crippen MR) is 81.1 cm³/mol. The number of amides is 1. The summed E-state index contributed by atoms with van der Waals surface area (Å²) in [5.41, 5.74) is 0.813. The van der Waals surface area contributed by atoms with Crippen LogP contribution in [0, 0.1) is 12.8 Å². The Morgan fingerprint density at radius 2 is 2.05 bits per heavy atom. The highest BCUT2D eigenvalue weighted by Gasteiger charge is 2.18. The minimum atomic E-state index is -0.401. The number of aromatic nitrogens is 1. The van der Waals surface area contributed by atoms with Gasteiger partial charge in [-0.15, -0.1) is 0 Å². The van der Waals surface area contributed by atoms with Gasteiger partial charge in [0.15, 0.2) is 5.75 Å². The second kappa shape index (κ2) is 6.78. The molecule has 5 heteroatoms. The lowest BCUT2D eigenvalue weighted by atomic mass is 9.87. The fraction of sp³-hybridized carbons (Fsp3) is 0.625. The third-order valence-corrected chi connectivity index (χ3v) is 4.43. The van der Waals surface area contributed by atoms with E-state index in [9.17, 15) is 14.7 Å². The van der Waals surface area contributed by atoms with Crippen LogP contribution in [-0.4, -0.2) is 15.6 Å². The van der Waals surface area contributed by atoms with Gasteiger partial charge in [0.25, 0.3) is 0 Å². The van der Waals surface area contributed by atoms with E-state index >= 15 is 0 Å². The van der Waals surface area contributed by atoms with Gasteiger partial charge in [-0.2, -0.15) is 0 Å². The smallest absolute Gasteiger partial charge is 0.223 e. The van der Waals surface area contributed by atoms with Gasteiger partial charge in [-0.25, -0.2) is 0 Å². The zero-order chi connectivity index (χ0) is 15.4. The molecule has 5 nitrogen and oxygen atoms in total. The molecule has 0 radical (unpaired) electrons. The molecule has 2 rings (SSSR count). The maximum absolute atomic E-state index is 12.0. The van der Waals surface area contributed by atoms with Gasteiger partial charge in [-0.3, -0.25) is 9.59 Å². The average molecular weight is 292 g/mol. The lowest BCUT2D eigenvalue weighted by Gasteiger charge is -2.21. The number of nitrogens with one attached hydrogen (secondary N) is 1. The normalized spacial score (nSPS) is 15.9. The number of carbonyl (C=O) groups excluding carboxylic acids is 1.